The SMILES string of the molecule is N#CC(=Cc1ccc(OC(=O)c2ccc(Br)cc2)cc1)C(=O)Nc1ccc([N+](=O)[O-])cc1. The van der Waals surface area contributed by atoms with Gasteiger partial charge >= 0.3 is 5.97 Å². The highest BCUT2D eigenvalue weighted by atomic mass is 79.9. The molecule has 8 nitrogen and oxygen atoms in total. The number of carbonyl (C=O) groups excluding carboxylic acids is 2. The van der Waals surface area contributed by atoms with E-state index >= 15 is 0 Å². The molecule has 0 atom stereocenters. The Labute approximate surface area is 191 Å². The number of carbonyl (C=O) groups is 2. The zero-order valence-electron chi connectivity index (χ0n) is 16.3. The van der Waals surface area contributed by atoms with Crippen LogP contribution in [0.15, 0.2) is 82.8 Å². The van der Waals surface area contributed by atoms with Gasteiger partial charge in [-0.1, -0.05) is 28.1 Å². The molecule has 0 aromatic heterocycles. The summed E-state index contributed by atoms with van der Waals surface area (Å²) >= 11 is 3.30. The lowest BCUT2D eigenvalue weighted by atomic mass is 10.1. The van der Waals surface area contributed by atoms with Crippen molar-refractivity contribution in [2.75, 3.05) is 5.32 Å². The van der Waals surface area contributed by atoms with Crippen molar-refractivity contribution in [2.24, 2.45) is 0 Å². The second kappa shape index (κ2) is 10.1. The van der Waals surface area contributed by atoms with E-state index in [9.17, 15) is 25.0 Å². The molecule has 3 rings (SSSR count). The van der Waals surface area contributed by atoms with Gasteiger partial charge < -0.3 is 10.1 Å². The molecule has 0 heterocycles. The summed E-state index contributed by atoms with van der Waals surface area (Å²) in [5.74, 6) is -0.864. The van der Waals surface area contributed by atoms with Gasteiger partial charge in [0.15, 0.2) is 0 Å². The van der Waals surface area contributed by atoms with Gasteiger partial charge in [0, 0.05) is 22.3 Å². The molecule has 0 radical (unpaired) electrons. The number of nitriles is 1. The van der Waals surface area contributed by atoms with Gasteiger partial charge in [0.05, 0.1) is 10.5 Å². The third-order valence-corrected chi connectivity index (χ3v) is 4.71. The van der Waals surface area contributed by atoms with Crippen LogP contribution in [0, 0.1) is 21.4 Å². The summed E-state index contributed by atoms with van der Waals surface area (Å²) in [6, 6.07) is 20.1. The summed E-state index contributed by atoms with van der Waals surface area (Å²) in [6.45, 7) is 0. The molecule has 0 aliphatic carbocycles. The predicted octanol–water partition coefficient (Wildman–Crippen LogP) is 5.12. The average Bonchev–Trinajstić information content (AvgIpc) is 2.79. The molecule has 3 aromatic rings. The van der Waals surface area contributed by atoms with Gasteiger partial charge in [-0.15, -0.1) is 0 Å². The number of nitrogens with one attached hydrogen (secondary N) is 1. The zero-order chi connectivity index (χ0) is 23.1. The number of ether oxygens (including phenoxy) is 1. The van der Waals surface area contributed by atoms with Crippen molar-refractivity contribution in [1.82, 2.24) is 0 Å². The number of hydrogen-bond donors (Lipinski definition) is 1. The minimum absolute atomic E-state index is 0.111. The maximum atomic E-state index is 12.4. The van der Waals surface area contributed by atoms with Crippen LogP contribution in [0.25, 0.3) is 6.08 Å². The lowest BCUT2D eigenvalue weighted by Gasteiger charge is -2.06. The van der Waals surface area contributed by atoms with Crippen LogP contribution < -0.4 is 10.1 Å². The minimum Gasteiger partial charge on any atom is -0.423 e. The summed E-state index contributed by atoms with van der Waals surface area (Å²) in [4.78, 5) is 34.7. The molecule has 0 saturated heterocycles. The fraction of sp³-hybridized carbons (Fsp3) is 0. The van der Waals surface area contributed by atoms with Gasteiger partial charge in [0.1, 0.15) is 17.4 Å². The fourth-order valence-electron chi connectivity index (χ4n) is 2.56. The molecule has 0 aliphatic heterocycles. The molecule has 0 unspecified atom stereocenters. The van der Waals surface area contributed by atoms with E-state index in [0.29, 0.717) is 22.6 Å². The van der Waals surface area contributed by atoms with Gasteiger partial charge in [-0.25, -0.2) is 4.79 Å². The number of halogens is 1. The summed E-state index contributed by atoms with van der Waals surface area (Å²) in [6.07, 6.45) is 1.38. The Balaban J connectivity index is 1.67. The van der Waals surface area contributed by atoms with Crippen LogP contribution in [0.5, 0.6) is 5.75 Å². The van der Waals surface area contributed by atoms with Crippen molar-refractivity contribution in [3.63, 3.8) is 0 Å². The fourth-order valence-corrected chi connectivity index (χ4v) is 2.83. The van der Waals surface area contributed by atoms with Crippen LogP contribution in [0.3, 0.4) is 0 Å². The highest BCUT2D eigenvalue weighted by Crippen LogP contribution is 2.19. The Hall–Kier alpha value is -4.29. The van der Waals surface area contributed by atoms with Crippen molar-refractivity contribution in [1.29, 1.82) is 5.26 Å². The largest absolute Gasteiger partial charge is 0.423 e. The number of nitrogens with zero attached hydrogens (tertiary/aromatic N) is 2. The van der Waals surface area contributed by atoms with Crippen molar-refractivity contribution >= 4 is 45.3 Å². The molecule has 9 heteroatoms. The highest BCUT2D eigenvalue weighted by Gasteiger charge is 2.12. The molecule has 32 heavy (non-hydrogen) atoms. The quantitative estimate of drug-likeness (QED) is 0.127. The third-order valence-electron chi connectivity index (χ3n) is 4.18. The third kappa shape index (κ3) is 5.87. The number of non-ortho nitro benzene ring substituents is 1. The first kappa shape index (κ1) is 22.4. The second-order valence-electron chi connectivity index (χ2n) is 6.39. The smallest absolute Gasteiger partial charge is 0.343 e. The number of esters is 1. The second-order valence-corrected chi connectivity index (χ2v) is 7.31. The number of benzene rings is 3. The number of amides is 1. The number of nitro groups is 1. The molecule has 1 amide bonds. The summed E-state index contributed by atoms with van der Waals surface area (Å²) in [5, 5.41) is 22.5. The molecule has 0 fully saturated rings. The zero-order valence-corrected chi connectivity index (χ0v) is 17.9. The Kier molecular flexibility index (Phi) is 7.10. The molecule has 1 N–H and O–H groups in total. The van der Waals surface area contributed by atoms with E-state index in [1.165, 1.54) is 30.3 Å². The van der Waals surface area contributed by atoms with E-state index in [0.717, 1.165) is 4.47 Å². The molecule has 0 spiro atoms. The van der Waals surface area contributed by atoms with Gasteiger partial charge in [0.2, 0.25) is 0 Å². The van der Waals surface area contributed by atoms with E-state index in [4.69, 9.17) is 4.74 Å². The molecular weight excluding hydrogens is 478 g/mol. The van der Waals surface area contributed by atoms with Gasteiger partial charge in [-0.2, -0.15) is 5.26 Å². The van der Waals surface area contributed by atoms with E-state index in [1.807, 2.05) is 6.07 Å². The normalized spacial score (nSPS) is 10.7. The van der Waals surface area contributed by atoms with E-state index < -0.39 is 16.8 Å². The van der Waals surface area contributed by atoms with Crippen molar-refractivity contribution in [3.8, 4) is 11.8 Å². The molecular formula is C23H14BrN3O5. The average molecular weight is 492 g/mol. The van der Waals surface area contributed by atoms with Crippen LogP contribution in [0.1, 0.15) is 15.9 Å². The first-order valence-corrected chi connectivity index (χ1v) is 9.90. The lowest BCUT2D eigenvalue weighted by molar-refractivity contribution is -0.384. The monoisotopic (exact) mass is 491 g/mol. The van der Waals surface area contributed by atoms with E-state index in [2.05, 4.69) is 21.2 Å². The number of anilines is 1. The topological polar surface area (TPSA) is 122 Å². The Morgan fingerprint density at radius 1 is 1.00 bits per heavy atom. The Bertz CT molecular complexity index is 1230. The van der Waals surface area contributed by atoms with Gasteiger partial charge in [-0.05, 0) is 60.2 Å². The molecule has 0 aliphatic rings. The summed E-state index contributed by atoms with van der Waals surface area (Å²) in [7, 11) is 0. The van der Waals surface area contributed by atoms with Crippen molar-refractivity contribution in [3.05, 3.63) is 104 Å². The molecule has 3 aromatic carbocycles. The first-order chi connectivity index (χ1) is 15.4. The highest BCUT2D eigenvalue weighted by molar-refractivity contribution is 9.10. The summed E-state index contributed by atoms with van der Waals surface area (Å²) < 4.78 is 6.16. The van der Waals surface area contributed by atoms with Crippen molar-refractivity contribution in [2.45, 2.75) is 0 Å². The van der Waals surface area contributed by atoms with Crippen LogP contribution in [0.4, 0.5) is 11.4 Å². The molecule has 0 bridgehead atoms. The maximum Gasteiger partial charge on any atom is 0.343 e. The van der Waals surface area contributed by atoms with Crippen LogP contribution in [-0.4, -0.2) is 16.8 Å². The standard InChI is InChI=1S/C23H14BrN3O5/c24-18-5-3-16(4-6-18)23(29)32-21-11-1-15(2-12-21)13-17(14-25)22(28)26-19-7-9-20(10-8-19)27(30)31/h1-13H,(H,26,28). The first-order valence-electron chi connectivity index (χ1n) is 9.11. The van der Waals surface area contributed by atoms with E-state index in [1.54, 1.807) is 48.5 Å². The van der Waals surface area contributed by atoms with Crippen molar-refractivity contribution < 1.29 is 19.2 Å². The molecule has 0 saturated carbocycles. The maximum absolute atomic E-state index is 12.4. The van der Waals surface area contributed by atoms with E-state index in [-0.39, 0.29) is 11.3 Å². The Morgan fingerprint density at radius 2 is 1.62 bits per heavy atom. The predicted molar refractivity (Wildman–Crippen MR) is 121 cm³/mol. The van der Waals surface area contributed by atoms with Crippen LogP contribution in [0.2, 0.25) is 0 Å². The summed E-state index contributed by atoms with van der Waals surface area (Å²) in [5.41, 5.74) is 0.982. The lowest BCUT2D eigenvalue weighted by Crippen LogP contribution is -2.13. The van der Waals surface area contributed by atoms with Gasteiger partial charge in [0.25, 0.3) is 11.6 Å². The Morgan fingerprint density at radius 3 is 2.19 bits per heavy atom. The minimum atomic E-state index is -0.660. The number of hydrogen-bond acceptors (Lipinski definition) is 6. The van der Waals surface area contributed by atoms with Gasteiger partial charge in [-0.3, -0.25) is 14.9 Å². The number of nitro benzene ring substituents is 1. The number of rotatable bonds is 6. The van der Waals surface area contributed by atoms with Crippen LogP contribution >= 0.6 is 15.9 Å². The molecule has 158 valence electrons. The van der Waals surface area contributed by atoms with Crippen LogP contribution in [-0.2, 0) is 4.79 Å².